The molecule has 1 aliphatic carbocycles. The van der Waals surface area contributed by atoms with Gasteiger partial charge in [0.15, 0.2) is 0 Å². The van der Waals surface area contributed by atoms with Gasteiger partial charge in [-0.25, -0.2) is 0 Å². The van der Waals surface area contributed by atoms with E-state index in [-0.39, 0.29) is 5.78 Å². The molecule has 1 radical (unpaired) electrons. The van der Waals surface area contributed by atoms with Crippen molar-refractivity contribution in [3.8, 4) is 11.1 Å². The highest BCUT2D eigenvalue weighted by Crippen LogP contribution is 2.33. The predicted octanol–water partition coefficient (Wildman–Crippen LogP) is 3.17. The molecule has 0 saturated heterocycles. The molecule has 71 valence electrons. The summed E-state index contributed by atoms with van der Waals surface area (Å²) in [5, 5.41) is 4.12. The van der Waals surface area contributed by atoms with Crippen LogP contribution in [0, 0.1) is 6.92 Å². The van der Waals surface area contributed by atoms with Crippen molar-refractivity contribution >= 4 is 17.1 Å². The molecular weight excluding hydrogens is 192 g/mol. The van der Waals surface area contributed by atoms with Crippen LogP contribution in [0.5, 0.6) is 0 Å². The number of hydrogen-bond donors (Lipinski definition) is 0. The normalized spacial score (nSPS) is 10.7. The van der Waals surface area contributed by atoms with Gasteiger partial charge in [0.25, 0.3) is 0 Å². The molecule has 1 aliphatic heterocycles. The van der Waals surface area contributed by atoms with Crippen LogP contribution < -0.4 is 0 Å². The fourth-order valence-electron chi connectivity index (χ4n) is 1.68. The van der Waals surface area contributed by atoms with E-state index in [9.17, 15) is 4.79 Å². The van der Waals surface area contributed by atoms with Crippen LogP contribution in [0.25, 0.3) is 11.1 Å². The first-order valence-corrected chi connectivity index (χ1v) is 5.42. The van der Waals surface area contributed by atoms with E-state index in [1.54, 1.807) is 18.3 Å². The summed E-state index contributed by atoms with van der Waals surface area (Å²) in [6.45, 7) is 5.59. The van der Waals surface area contributed by atoms with E-state index >= 15 is 0 Å². The molecule has 1 nitrogen and oxygen atoms in total. The first-order valence-electron chi connectivity index (χ1n) is 4.47. The van der Waals surface area contributed by atoms with E-state index in [1.165, 1.54) is 11.1 Å². The van der Waals surface area contributed by atoms with Gasteiger partial charge >= 0.3 is 0 Å². The monoisotopic (exact) mass is 203 g/mol. The highest BCUT2D eigenvalue weighted by molar-refractivity contribution is 7.08. The van der Waals surface area contributed by atoms with Crippen LogP contribution in [0.3, 0.4) is 0 Å². The lowest BCUT2D eigenvalue weighted by Gasteiger charge is -2.01. The van der Waals surface area contributed by atoms with Crippen molar-refractivity contribution in [2.24, 2.45) is 0 Å². The van der Waals surface area contributed by atoms with Crippen LogP contribution in [-0.4, -0.2) is 5.78 Å². The summed E-state index contributed by atoms with van der Waals surface area (Å²) in [6.07, 6.45) is 0.517. The molecule has 2 heteroatoms. The smallest absolute Gasteiger partial charge is 0.134 e. The number of rotatable bonds is 2. The topological polar surface area (TPSA) is 17.1 Å². The molecule has 0 amide bonds. The maximum absolute atomic E-state index is 11.0. The maximum atomic E-state index is 11.0. The lowest BCUT2D eigenvalue weighted by molar-refractivity contribution is -0.116. The van der Waals surface area contributed by atoms with E-state index in [1.807, 2.05) is 11.4 Å². The fraction of sp³-hybridized carbons (Fsp3) is 0.167. The lowest BCUT2D eigenvalue weighted by Crippen LogP contribution is -1.95. The molecule has 2 aliphatic rings. The van der Waals surface area contributed by atoms with Gasteiger partial charge in [-0.1, -0.05) is 6.07 Å². The van der Waals surface area contributed by atoms with Gasteiger partial charge in [0.1, 0.15) is 5.78 Å². The van der Waals surface area contributed by atoms with Crippen LogP contribution in [0.2, 0.25) is 0 Å². The number of ketones is 1. The van der Waals surface area contributed by atoms with E-state index in [0.29, 0.717) is 6.42 Å². The molecule has 0 aromatic heterocycles. The van der Waals surface area contributed by atoms with Crippen molar-refractivity contribution < 1.29 is 4.79 Å². The van der Waals surface area contributed by atoms with Crippen molar-refractivity contribution in [2.75, 3.05) is 0 Å². The zero-order valence-corrected chi connectivity index (χ0v) is 8.86. The highest BCUT2D eigenvalue weighted by atomic mass is 32.1. The summed E-state index contributed by atoms with van der Waals surface area (Å²) in [4.78, 5) is 11.0. The first kappa shape index (κ1) is 9.41. The summed E-state index contributed by atoms with van der Waals surface area (Å²) in [5.74, 6) is 0.200. The standard InChI is InChI=1S/C12H11OS/c1-8-5-10(6-9(2)13)12-7-14-4-3-11(8)12/h3-5,7H,1,6H2,2H3. The third-order valence-corrected chi connectivity index (χ3v) is 2.93. The number of fused-ring (bicyclic) bond motifs is 1. The molecule has 14 heavy (non-hydrogen) atoms. The van der Waals surface area contributed by atoms with Crippen molar-refractivity contribution in [1.82, 2.24) is 0 Å². The number of carbonyl (C=O) groups excluding carboxylic acids is 1. The van der Waals surface area contributed by atoms with E-state index in [4.69, 9.17) is 0 Å². The second kappa shape index (κ2) is 3.54. The summed E-state index contributed by atoms with van der Waals surface area (Å²) >= 11 is 1.65. The van der Waals surface area contributed by atoms with Gasteiger partial charge in [0.2, 0.25) is 0 Å². The van der Waals surface area contributed by atoms with Gasteiger partial charge in [0.05, 0.1) is 0 Å². The Morgan fingerprint density at radius 2 is 2.29 bits per heavy atom. The van der Waals surface area contributed by atoms with Gasteiger partial charge in [0, 0.05) is 6.42 Å². The molecule has 0 spiro atoms. The largest absolute Gasteiger partial charge is 0.300 e. The van der Waals surface area contributed by atoms with Crippen LogP contribution in [0.1, 0.15) is 18.1 Å². The quantitative estimate of drug-likeness (QED) is 0.732. The average molecular weight is 203 g/mol. The highest BCUT2D eigenvalue weighted by Gasteiger charge is 2.13. The van der Waals surface area contributed by atoms with Crippen molar-refractivity contribution in [3.05, 3.63) is 40.9 Å². The number of hydrogen-bond acceptors (Lipinski definition) is 2. The molecule has 0 saturated carbocycles. The van der Waals surface area contributed by atoms with Crippen LogP contribution in [0.15, 0.2) is 22.9 Å². The van der Waals surface area contributed by atoms with Crippen molar-refractivity contribution in [2.45, 2.75) is 13.3 Å². The molecule has 0 atom stereocenters. The minimum Gasteiger partial charge on any atom is -0.300 e. The Labute approximate surface area is 87.7 Å². The van der Waals surface area contributed by atoms with Crippen LogP contribution in [-0.2, 0) is 11.2 Å². The minimum absolute atomic E-state index is 0.200. The Morgan fingerprint density at radius 1 is 1.50 bits per heavy atom. The molecule has 1 heterocycles. The van der Waals surface area contributed by atoms with E-state index < -0.39 is 0 Å². The van der Waals surface area contributed by atoms with Gasteiger partial charge in [-0.2, -0.15) is 11.3 Å². The number of carbonyl (C=O) groups is 1. The van der Waals surface area contributed by atoms with Gasteiger partial charge in [-0.3, -0.25) is 4.79 Å². The Morgan fingerprint density at radius 3 is 3.00 bits per heavy atom. The Kier molecular flexibility index (Phi) is 2.38. The SMILES string of the molecule is [CH2]c1cc(CC(C)=O)c2csccc1-2. The third-order valence-electron chi connectivity index (χ3n) is 2.27. The van der Waals surface area contributed by atoms with E-state index in [0.717, 1.165) is 11.1 Å². The number of Topliss-reactive ketones (excluding diaryl/α,β-unsaturated/α-hetero) is 1. The molecule has 0 fully saturated rings. The second-order valence-corrected chi connectivity index (χ2v) is 4.24. The van der Waals surface area contributed by atoms with Gasteiger partial charge in [-0.15, -0.1) is 0 Å². The second-order valence-electron chi connectivity index (χ2n) is 3.46. The first-order chi connectivity index (χ1) is 6.68. The average Bonchev–Trinajstić information content (AvgIpc) is 2.44. The fourth-order valence-corrected chi connectivity index (χ4v) is 2.38. The Bertz CT molecular complexity index is 442. The molecular formula is C12H11OS. The summed E-state index contributed by atoms with van der Waals surface area (Å²) < 4.78 is 0. The molecule has 0 N–H and O–H groups in total. The van der Waals surface area contributed by atoms with Crippen LogP contribution >= 0.6 is 11.3 Å². The van der Waals surface area contributed by atoms with Crippen LogP contribution in [0.4, 0.5) is 0 Å². The molecule has 2 rings (SSSR count). The molecule has 0 aromatic carbocycles. The minimum atomic E-state index is 0.200. The van der Waals surface area contributed by atoms with Gasteiger partial charge in [-0.05, 0) is 52.9 Å². The maximum Gasteiger partial charge on any atom is 0.134 e. The lowest BCUT2D eigenvalue weighted by atomic mass is 10.1. The summed E-state index contributed by atoms with van der Waals surface area (Å²) in [5.41, 5.74) is 4.47. The predicted molar refractivity (Wildman–Crippen MR) is 59.8 cm³/mol. The summed E-state index contributed by atoms with van der Waals surface area (Å²) in [6, 6.07) is 4.07. The zero-order valence-electron chi connectivity index (χ0n) is 8.04. The molecule has 0 aromatic rings. The van der Waals surface area contributed by atoms with Crippen molar-refractivity contribution in [1.29, 1.82) is 0 Å². The zero-order chi connectivity index (χ0) is 10.1. The van der Waals surface area contributed by atoms with E-state index in [2.05, 4.69) is 18.4 Å². The molecule has 0 bridgehead atoms. The molecule has 0 unspecified atom stereocenters. The van der Waals surface area contributed by atoms with Crippen molar-refractivity contribution in [3.63, 3.8) is 0 Å². The summed E-state index contributed by atoms with van der Waals surface area (Å²) in [7, 11) is 0. The Hall–Kier alpha value is -1.15. The Balaban J connectivity index is 2.52. The van der Waals surface area contributed by atoms with Gasteiger partial charge < -0.3 is 0 Å². The third kappa shape index (κ3) is 1.58.